The topological polar surface area (TPSA) is 93.5 Å². The lowest BCUT2D eigenvalue weighted by atomic mass is 10.2. The molecule has 0 aliphatic carbocycles. The third-order valence-corrected chi connectivity index (χ3v) is 4.22. The minimum absolute atomic E-state index is 0.00151. The number of halogens is 1. The first-order chi connectivity index (χ1) is 13.8. The Morgan fingerprint density at radius 3 is 2.45 bits per heavy atom. The molecule has 29 heavy (non-hydrogen) atoms. The predicted molar refractivity (Wildman–Crippen MR) is 105 cm³/mol. The number of nitrogens with one attached hydrogen (secondary N) is 2. The van der Waals surface area contributed by atoms with E-state index in [1.807, 2.05) is 13.8 Å². The Balaban J connectivity index is 1.64. The Labute approximate surface area is 166 Å². The lowest BCUT2D eigenvalue weighted by molar-refractivity contribution is -0.114. The molecule has 0 atom stereocenters. The number of hydrogen-bond acceptors (Lipinski definition) is 5. The summed E-state index contributed by atoms with van der Waals surface area (Å²) in [7, 11) is 0. The van der Waals surface area contributed by atoms with Crippen LogP contribution in [0.5, 0.6) is 5.75 Å². The molecule has 2 amide bonds. The van der Waals surface area contributed by atoms with Gasteiger partial charge in [0.2, 0.25) is 5.91 Å². The van der Waals surface area contributed by atoms with Crippen molar-refractivity contribution >= 4 is 23.2 Å². The van der Waals surface area contributed by atoms with Gasteiger partial charge in [-0.25, -0.2) is 4.39 Å². The number of hydrogen-bond donors (Lipinski definition) is 2. The molecule has 3 rings (SSSR count). The molecular formula is C21H20FN3O4. The smallest absolute Gasteiger partial charge is 0.255 e. The van der Waals surface area contributed by atoms with Crippen molar-refractivity contribution in [3.8, 4) is 5.75 Å². The van der Waals surface area contributed by atoms with Crippen LogP contribution in [-0.2, 0) is 11.4 Å². The maximum Gasteiger partial charge on any atom is 0.255 e. The zero-order chi connectivity index (χ0) is 21.0. The molecule has 0 aliphatic rings. The van der Waals surface area contributed by atoms with Crippen molar-refractivity contribution in [1.29, 1.82) is 0 Å². The number of nitrogens with zero attached hydrogens (tertiary/aromatic N) is 1. The van der Waals surface area contributed by atoms with Gasteiger partial charge in [0.15, 0.2) is 0 Å². The number of anilines is 2. The molecule has 0 saturated carbocycles. The van der Waals surface area contributed by atoms with Gasteiger partial charge in [0.25, 0.3) is 5.91 Å². The van der Waals surface area contributed by atoms with Crippen molar-refractivity contribution in [2.45, 2.75) is 27.4 Å². The predicted octanol–water partition coefficient (Wildman–Crippen LogP) is 4.22. The first-order valence-corrected chi connectivity index (χ1v) is 8.86. The lowest BCUT2D eigenvalue weighted by Crippen LogP contribution is -2.13. The number of ether oxygens (including phenoxy) is 1. The summed E-state index contributed by atoms with van der Waals surface area (Å²) in [6.45, 7) is 5.25. The summed E-state index contributed by atoms with van der Waals surface area (Å²) < 4.78 is 24.5. The summed E-state index contributed by atoms with van der Waals surface area (Å²) in [6, 6.07) is 10.6. The minimum Gasteiger partial charge on any atom is -0.489 e. The number of carbonyl (C=O) groups excluding carboxylic acids is 2. The molecule has 0 radical (unpaired) electrons. The quantitative estimate of drug-likeness (QED) is 0.650. The molecule has 0 bridgehead atoms. The van der Waals surface area contributed by atoms with Gasteiger partial charge < -0.3 is 19.9 Å². The van der Waals surface area contributed by atoms with Crippen LogP contribution >= 0.6 is 0 Å². The van der Waals surface area contributed by atoms with Gasteiger partial charge in [0.1, 0.15) is 23.9 Å². The Morgan fingerprint density at radius 2 is 1.83 bits per heavy atom. The first kappa shape index (κ1) is 20.1. The lowest BCUT2D eigenvalue weighted by Gasteiger charge is -2.10. The number of carbonyl (C=O) groups is 2. The van der Waals surface area contributed by atoms with Crippen molar-refractivity contribution in [3.05, 3.63) is 70.9 Å². The highest BCUT2D eigenvalue weighted by atomic mass is 19.1. The van der Waals surface area contributed by atoms with Crippen LogP contribution in [0.1, 0.15) is 34.3 Å². The molecule has 0 spiro atoms. The third-order valence-electron chi connectivity index (χ3n) is 4.22. The monoisotopic (exact) mass is 397 g/mol. The van der Waals surface area contributed by atoms with E-state index in [0.29, 0.717) is 29.4 Å². The summed E-state index contributed by atoms with van der Waals surface area (Å²) in [5.41, 5.74) is 2.42. The fourth-order valence-corrected chi connectivity index (χ4v) is 2.66. The largest absolute Gasteiger partial charge is 0.489 e. The number of rotatable bonds is 6. The van der Waals surface area contributed by atoms with Gasteiger partial charge in [-0.2, -0.15) is 0 Å². The highest BCUT2D eigenvalue weighted by Crippen LogP contribution is 2.21. The Hall–Kier alpha value is -3.68. The van der Waals surface area contributed by atoms with Crippen molar-refractivity contribution in [2.75, 3.05) is 10.6 Å². The van der Waals surface area contributed by atoms with E-state index in [2.05, 4.69) is 15.8 Å². The van der Waals surface area contributed by atoms with Crippen LogP contribution in [0, 0.1) is 19.7 Å². The molecule has 0 fully saturated rings. The molecule has 150 valence electrons. The second kappa shape index (κ2) is 8.55. The van der Waals surface area contributed by atoms with Crippen LogP contribution < -0.4 is 15.4 Å². The van der Waals surface area contributed by atoms with E-state index in [-0.39, 0.29) is 11.6 Å². The average molecular weight is 397 g/mol. The van der Waals surface area contributed by atoms with E-state index in [0.717, 1.165) is 11.3 Å². The second-order valence-corrected chi connectivity index (χ2v) is 6.45. The van der Waals surface area contributed by atoms with Crippen molar-refractivity contribution < 1.29 is 23.2 Å². The third kappa shape index (κ3) is 4.98. The summed E-state index contributed by atoms with van der Waals surface area (Å²) in [5, 5.41) is 8.92. The standard InChI is InChI=1S/C21H20FN3O4/c1-12-18(13(2)29-25-12)11-28-17-7-4-15(5-8-17)21(27)24-16-6-9-19(22)20(10-16)23-14(3)26/h4-10H,11H2,1-3H3,(H,23,26)(H,24,27). The van der Waals surface area contributed by atoms with Crippen LogP contribution in [0.25, 0.3) is 0 Å². The SMILES string of the molecule is CC(=O)Nc1cc(NC(=O)c2ccc(OCc3c(C)noc3C)cc2)ccc1F. The highest BCUT2D eigenvalue weighted by molar-refractivity contribution is 6.04. The molecule has 2 N–H and O–H groups in total. The highest BCUT2D eigenvalue weighted by Gasteiger charge is 2.11. The molecule has 8 heteroatoms. The average Bonchev–Trinajstić information content (AvgIpc) is 3.00. The van der Waals surface area contributed by atoms with Gasteiger partial charge in [-0.3, -0.25) is 9.59 Å². The van der Waals surface area contributed by atoms with Crippen LogP contribution in [0.4, 0.5) is 15.8 Å². The second-order valence-electron chi connectivity index (χ2n) is 6.45. The number of aromatic nitrogens is 1. The fraction of sp³-hybridized carbons (Fsp3) is 0.190. The minimum atomic E-state index is -0.585. The van der Waals surface area contributed by atoms with Crippen molar-refractivity contribution in [1.82, 2.24) is 5.16 Å². The zero-order valence-corrected chi connectivity index (χ0v) is 16.2. The molecule has 0 unspecified atom stereocenters. The van der Waals surface area contributed by atoms with E-state index >= 15 is 0 Å². The van der Waals surface area contributed by atoms with E-state index in [1.54, 1.807) is 24.3 Å². The maximum absolute atomic E-state index is 13.7. The Morgan fingerprint density at radius 1 is 1.10 bits per heavy atom. The van der Waals surface area contributed by atoms with E-state index in [4.69, 9.17) is 9.26 Å². The van der Waals surface area contributed by atoms with Crippen LogP contribution in [0.15, 0.2) is 47.0 Å². The normalized spacial score (nSPS) is 10.5. The van der Waals surface area contributed by atoms with Crippen LogP contribution in [-0.4, -0.2) is 17.0 Å². The maximum atomic E-state index is 13.7. The molecule has 0 saturated heterocycles. The summed E-state index contributed by atoms with van der Waals surface area (Å²) >= 11 is 0. The van der Waals surface area contributed by atoms with Crippen molar-refractivity contribution in [2.24, 2.45) is 0 Å². The molecule has 1 heterocycles. The first-order valence-electron chi connectivity index (χ1n) is 8.86. The number of amides is 2. The van der Waals surface area contributed by atoms with Gasteiger partial charge in [-0.15, -0.1) is 0 Å². The number of benzene rings is 2. The van der Waals surface area contributed by atoms with E-state index < -0.39 is 11.7 Å². The summed E-state index contributed by atoms with van der Waals surface area (Å²) in [5.74, 6) is -0.0621. The molecule has 2 aromatic carbocycles. The van der Waals surface area contributed by atoms with Crippen LogP contribution in [0.2, 0.25) is 0 Å². The van der Waals surface area contributed by atoms with E-state index in [9.17, 15) is 14.0 Å². The summed E-state index contributed by atoms with van der Waals surface area (Å²) in [6.07, 6.45) is 0. The van der Waals surface area contributed by atoms with Gasteiger partial charge in [0.05, 0.1) is 16.9 Å². The van der Waals surface area contributed by atoms with Gasteiger partial charge in [-0.05, 0) is 56.3 Å². The molecule has 3 aromatic rings. The fourth-order valence-electron chi connectivity index (χ4n) is 2.66. The van der Waals surface area contributed by atoms with Crippen molar-refractivity contribution in [3.63, 3.8) is 0 Å². The summed E-state index contributed by atoms with van der Waals surface area (Å²) in [4.78, 5) is 23.6. The molecule has 1 aromatic heterocycles. The van der Waals surface area contributed by atoms with Gasteiger partial charge in [-0.1, -0.05) is 5.16 Å². The Bertz CT molecular complexity index is 1030. The van der Waals surface area contributed by atoms with E-state index in [1.165, 1.54) is 25.1 Å². The number of aryl methyl sites for hydroxylation is 2. The zero-order valence-electron chi connectivity index (χ0n) is 16.2. The Kier molecular flexibility index (Phi) is 5.92. The molecule has 7 nitrogen and oxygen atoms in total. The van der Waals surface area contributed by atoms with Gasteiger partial charge >= 0.3 is 0 Å². The molecule has 0 aliphatic heterocycles. The van der Waals surface area contributed by atoms with Crippen LogP contribution in [0.3, 0.4) is 0 Å². The van der Waals surface area contributed by atoms with Gasteiger partial charge in [0, 0.05) is 18.2 Å². The molecular weight excluding hydrogens is 377 g/mol.